The van der Waals surface area contributed by atoms with Gasteiger partial charge in [-0.3, -0.25) is 9.78 Å². The standard InChI is InChI=1S/C27H20ClN5O2/c1-4-19-6-5-7-22(31-19)20-13-26(34)33(3)23-14-30-24(12-21(20)23)27(35,25-15-29-16-32(25)2)17-8-10-18(28)11-9-17/h1,5-16,35H,2-3H3/t27-/m1/s1. The van der Waals surface area contributed by atoms with E-state index in [0.29, 0.717) is 49.8 Å². The monoisotopic (exact) mass is 481 g/mol. The third-order valence-corrected chi connectivity index (χ3v) is 6.38. The molecule has 0 bridgehead atoms. The van der Waals surface area contributed by atoms with E-state index in [2.05, 4.69) is 20.9 Å². The van der Waals surface area contributed by atoms with E-state index in [9.17, 15) is 9.90 Å². The summed E-state index contributed by atoms with van der Waals surface area (Å²) in [5, 5.41) is 13.5. The van der Waals surface area contributed by atoms with Crippen molar-refractivity contribution in [2.24, 2.45) is 14.1 Å². The number of nitrogens with zero attached hydrogens (tertiary/aromatic N) is 5. The van der Waals surface area contributed by atoms with Crippen molar-refractivity contribution in [1.29, 1.82) is 0 Å². The number of terminal acetylenes is 1. The summed E-state index contributed by atoms with van der Waals surface area (Å²) in [4.78, 5) is 26.1. The van der Waals surface area contributed by atoms with Crippen molar-refractivity contribution < 1.29 is 5.11 Å². The number of benzene rings is 1. The van der Waals surface area contributed by atoms with Crippen LogP contribution in [-0.2, 0) is 19.7 Å². The molecule has 0 amide bonds. The van der Waals surface area contributed by atoms with Gasteiger partial charge in [-0.05, 0) is 35.9 Å². The van der Waals surface area contributed by atoms with Crippen molar-refractivity contribution in [3.8, 4) is 23.6 Å². The summed E-state index contributed by atoms with van der Waals surface area (Å²) < 4.78 is 3.24. The number of pyridine rings is 3. The fraction of sp³-hybridized carbons (Fsp3) is 0.111. The van der Waals surface area contributed by atoms with Gasteiger partial charge in [0.2, 0.25) is 0 Å². The van der Waals surface area contributed by atoms with E-state index in [0.717, 1.165) is 0 Å². The molecule has 1 aromatic carbocycles. The van der Waals surface area contributed by atoms with Crippen LogP contribution >= 0.6 is 11.6 Å². The molecule has 4 aromatic heterocycles. The number of hydrogen-bond donors (Lipinski definition) is 1. The average Bonchev–Trinajstić information content (AvgIpc) is 3.32. The summed E-state index contributed by atoms with van der Waals surface area (Å²) in [6.45, 7) is 0. The maximum absolute atomic E-state index is 12.7. The number of aryl methyl sites for hydroxylation is 2. The van der Waals surface area contributed by atoms with Crippen LogP contribution in [0.25, 0.3) is 22.2 Å². The predicted molar refractivity (Wildman–Crippen MR) is 135 cm³/mol. The fourth-order valence-electron chi connectivity index (χ4n) is 4.25. The number of aromatic nitrogens is 5. The normalized spacial score (nSPS) is 12.9. The molecule has 0 radical (unpaired) electrons. The van der Waals surface area contributed by atoms with Crippen molar-refractivity contribution in [3.63, 3.8) is 0 Å². The molecule has 7 nitrogen and oxygen atoms in total. The molecule has 0 aliphatic carbocycles. The molecule has 1 atom stereocenters. The second-order valence-electron chi connectivity index (χ2n) is 8.20. The first kappa shape index (κ1) is 22.5. The Kier molecular flexibility index (Phi) is 5.48. The van der Waals surface area contributed by atoms with E-state index >= 15 is 0 Å². The number of aliphatic hydroxyl groups is 1. The van der Waals surface area contributed by atoms with Gasteiger partial charge in [0.15, 0.2) is 5.60 Å². The first-order chi connectivity index (χ1) is 16.8. The Morgan fingerprint density at radius 2 is 1.86 bits per heavy atom. The van der Waals surface area contributed by atoms with Crippen LogP contribution in [0.5, 0.6) is 0 Å². The van der Waals surface area contributed by atoms with Crippen LogP contribution in [0.1, 0.15) is 22.6 Å². The van der Waals surface area contributed by atoms with Crippen molar-refractivity contribution >= 4 is 22.5 Å². The molecule has 1 N–H and O–H groups in total. The largest absolute Gasteiger partial charge is 0.373 e. The predicted octanol–water partition coefficient (Wildman–Crippen LogP) is 3.65. The summed E-state index contributed by atoms with van der Waals surface area (Å²) in [5.74, 6) is 2.53. The molecular formula is C27H20ClN5O2. The zero-order valence-corrected chi connectivity index (χ0v) is 19.7. The molecule has 8 heteroatoms. The summed E-state index contributed by atoms with van der Waals surface area (Å²) in [6, 6.07) is 15.5. The lowest BCUT2D eigenvalue weighted by Crippen LogP contribution is -2.32. The molecular weight excluding hydrogens is 462 g/mol. The highest BCUT2D eigenvalue weighted by molar-refractivity contribution is 6.30. The lowest BCUT2D eigenvalue weighted by molar-refractivity contribution is 0.113. The van der Waals surface area contributed by atoms with Gasteiger partial charge >= 0.3 is 0 Å². The Morgan fingerprint density at radius 3 is 2.54 bits per heavy atom. The molecule has 5 rings (SSSR count). The van der Waals surface area contributed by atoms with Gasteiger partial charge in [0.05, 0.1) is 41.3 Å². The molecule has 0 unspecified atom stereocenters. The van der Waals surface area contributed by atoms with Gasteiger partial charge in [-0.1, -0.05) is 35.7 Å². The molecule has 0 aliphatic heterocycles. The summed E-state index contributed by atoms with van der Waals surface area (Å²) in [6.07, 6.45) is 10.3. The van der Waals surface area contributed by atoms with Gasteiger partial charge in [-0.25, -0.2) is 9.97 Å². The van der Waals surface area contributed by atoms with Crippen molar-refractivity contribution in [2.45, 2.75) is 5.60 Å². The highest BCUT2D eigenvalue weighted by atomic mass is 35.5. The smallest absolute Gasteiger partial charge is 0.251 e. The third kappa shape index (κ3) is 3.69. The zero-order valence-electron chi connectivity index (χ0n) is 19.0. The number of imidazole rings is 1. The summed E-state index contributed by atoms with van der Waals surface area (Å²) >= 11 is 6.12. The van der Waals surface area contributed by atoms with Crippen LogP contribution in [0.2, 0.25) is 5.02 Å². The fourth-order valence-corrected chi connectivity index (χ4v) is 4.37. The van der Waals surface area contributed by atoms with Gasteiger partial charge in [0.25, 0.3) is 5.56 Å². The van der Waals surface area contributed by atoms with Gasteiger partial charge in [0, 0.05) is 36.1 Å². The number of hydrogen-bond acceptors (Lipinski definition) is 5. The number of fused-ring (bicyclic) bond motifs is 1. The molecule has 172 valence electrons. The minimum Gasteiger partial charge on any atom is -0.373 e. The second kappa shape index (κ2) is 8.51. The lowest BCUT2D eigenvalue weighted by atomic mass is 9.86. The highest BCUT2D eigenvalue weighted by Gasteiger charge is 2.38. The van der Waals surface area contributed by atoms with Gasteiger partial charge in [-0.15, -0.1) is 6.42 Å². The maximum Gasteiger partial charge on any atom is 0.251 e. The van der Waals surface area contributed by atoms with Crippen LogP contribution in [0.15, 0.2) is 78.1 Å². The molecule has 35 heavy (non-hydrogen) atoms. The maximum atomic E-state index is 12.7. The van der Waals surface area contributed by atoms with Gasteiger partial charge in [0.1, 0.15) is 5.69 Å². The first-order valence-corrected chi connectivity index (χ1v) is 11.1. The molecule has 5 aromatic rings. The third-order valence-electron chi connectivity index (χ3n) is 6.13. The molecule has 0 saturated carbocycles. The molecule has 0 aliphatic rings. The molecule has 0 spiro atoms. The van der Waals surface area contributed by atoms with E-state index < -0.39 is 5.60 Å². The summed E-state index contributed by atoms with van der Waals surface area (Å²) in [7, 11) is 3.47. The lowest BCUT2D eigenvalue weighted by Gasteiger charge is -2.29. The number of rotatable bonds is 4. The van der Waals surface area contributed by atoms with Crippen LogP contribution in [-0.4, -0.2) is 29.2 Å². The molecule has 0 saturated heterocycles. The van der Waals surface area contributed by atoms with E-state index in [1.807, 2.05) is 0 Å². The minimum absolute atomic E-state index is 0.213. The highest BCUT2D eigenvalue weighted by Crippen LogP contribution is 2.38. The van der Waals surface area contributed by atoms with Crippen LogP contribution < -0.4 is 5.56 Å². The Bertz CT molecular complexity index is 1680. The SMILES string of the molecule is C#Cc1cccc(-c2cc(=O)n(C)c3cnc([C@](O)(c4ccc(Cl)cc4)c4cncn4C)cc23)n1. The van der Waals surface area contributed by atoms with Crippen LogP contribution in [0, 0.1) is 12.3 Å². The Hall–Kier alpha value is -4.25. The molecule has 0 fully saturated rings. The Labute approximate surface area is 206 Å². The van der Waals surface area contributed by atoms with Crippen LogP contribution in [0.3, 0.4) is 0 Å². The summed E-state index contributed by atoms with van der Waals surface area (Å²) in [5.41, 5.74) is 1.76. The quantitative estimate of drug-likeness (QED) is 0.396. The topological polar surface area (TPSA) is 85.8 Å². The van der Waals surface area contributed by atoms with E-state index in [1.54, 1.807) is 85.9 Å². The first-order valence-electron chi connectivity index (χ1n) is 10.7. The van der Waals surface area contributed by atoms with E-state index in [1.165, 1.54) is 10.6 Å². The Balaban J connectivity index is 1.84. The van der Waals surface area contributed by atoms with Crippen molar-refractivity contribution in [1.82, 2.24) is 24.1 Å². The van der Waals surface area contributed by atoms with E-state index in [-0.39, 0.29) is 5.56 Å². The van der Waals surface area contributed by atoms with Crippen molar-refractivity contribution in [3.05, 3.63) is 111 Å². The van der Waals surface area contributed by atoms with E-state index in [4.69, 9.17) is 18.0 Å². The van der Waals surface area contributed by atoms with Gasteiger partial charge in [-0.2, -0.15) is 0 Å². The minimum atomic E-state index is -1.65. The average molecular weight is 482 g/mol. The van der Waals surface area contributed by atoms with Gasteiger partial charge < -0.3 is 14.2 Å². The van der Waals surface area contributed by atoms with Crippen molar-refractivity contribution in [2.75, 3.05) is 0 Å². The number of halogens is 1. The zero-order chi connectivity index (χ0) is 24.7. The van der Waals surface area contributed by atoms with Crippen LogP contribution in [0.4, 0.5) is 0 Å². The Morgan fingerprint density at radius 1 is 1.09 bits per heavy atom. The molecule has 4 heterocycles. The second-order valence-corrected chi connectivity index (χ2v) is 8.64.